The van der Waals surface area contributed by atoms with Crippen molar-refractivity contribution in [3.63, 3.8) is 0 Å². The minimum absolute atomic E-state index is 0.0263. The molecule has 0 bridgehead atoms. The van der Waals surface area contributed by atoms with Crippen LogP contribution in [-0.2, 0) is 27.5 Å². The third kappa shape index (κ3) is 5.83. The standard InChI is InChI=1S/C23H21F3N2O4S/c1-32-21-13-6-5-12-20(21)28(33(30,31)19-10-3-2-4-11-19)16-22(29)27-15-17-8-7-9-18(14-17)23(24,25)26/h2-14H,15-16H2,1H3,(H,27,29). The van der Waals surface area contributed by atoms with Crippen LogP contribution in [0.1, 0.15) is 11.1 Å². The van der Waals surface area contributed by atoms with Crippen LogP contribution in [-0.4, -0.2) is 28.0 Å². The van der Waals surface area contributed by atoms with Crippen LogP contribution in [0, 0.1) is 0 Å². The van der Waals surface area contributed by atoms with Crippen molar-refractivity contribution >= 4 is 21.6 Å². The number of alkyl halides is 3. The Balaban J connectivity index is 1.86. The van der Waals surface area contributed by atoms with Crippen molar-refractivity contribution < 1.29 is 31.1 Å². The fourth-order valence-corrected chi connectivity index (χ4v) is 4.55. The van der Waals surface area contributed by atoms with E-state index in [4.69, 9.17) is 4.74 Å². The fraction of sp³-hybridized carbons (Fsp3) is 0.174. The monoisotopic (exact) mass is 478 g/mol. The predicted octanol–water partition coefficient (Wildman–Crippen LogP) is 4.23. The molecule has 0 radical (unpaired) electrons. The Morgan fingerprint density at radius 1 is 0.970 bits per heavy atom. The number of halogens is 3. The molecule has 0 unspecified atom stereocenters. The highest BCUT2D eigenvalue weighted by Gasteiger charge is 2.31. The summed E-state index contributed by atoms with van der Waals surface area (Å²) in [6.45, 7) is -0.801. The van der Waals surface area contributed by atoms with Crippen LogP contribution in [0.4, 0.5) is 18.9 Å². The zero-order valence-electron chi connectivity index (χ0n) is 17.5. The molecule has 0 aromatic heterocycles. The van der Waals surface area contributed by atoms with Crippen LogP contribution in [0.25, 0.3) is 0 Å². The number of hydrogen-bond donors (Lipinski definition) is 1. The molecule has 0 aliphatic rings. The van der Waals surface area contributed by atoms with Crippen LogP contribution in [0.5, 0.6) is 5.75 Å². The summed E-state index contributed by atoms with van der Waals surface area (Å²) >= 11 is 0. The molecule has 1 amide bonds. The summed E-state index contributed by atoms with van der Waals surface area (Å²) in [6, 6.07) is 18.4. The van der Waals surface area contributed by atoms with Crippen molar-refractivity contribution in [2.75, 3.05) is 18.0 Å². The third-order valence-electron chi connectivity index (χ3n) is 4.72. The Bertz CT molecular complexity index is 1220. The fourth-order valence-electron chi connectivity index (χ4n) is 3.10. The average molecular weight is 478 g/mol. The number of ether oxygens (including phenoxy) is 1. The van der Waals surface area contributed by atoms with E-state index in [0.29, 0.717) is 0 Å². The first-order valence-electron chi connectivity index (χ1n) is 9.76. The molecule has 0 aliphatic heterocycles. The molecule has 0 heterocycles. The maximum Gasteiger partial charge on any atom is 0.416 e. The normalized spacial score (nSPS) is 11.6. The van der Waals surface area contributed by atoms with Gasteiger partial charge in [-0.1, -0.05) is 42.5 Å². The van der Waals surface area contributed by atoms with Gasteiger partial charge in [0.05, 0.1) is 23.3 Å². The van der Waals surface area contributed by atoms with Gasteiger partial charge >= 0.3 is 6.18 Å². The lowest BCUT2D eigenvalue weighted by Crippen LogP contribution is -2.40. The summed E-state index contributed by atoms with van der Waals surface area (Å²) in [5.41, 5.74) is -0.456. The average Bonchev–Trinajstić information content (AvgIpc) is 2.81. The van der Waals surface area contributed by atoms with Crippen LogP contribution < -0.4 is 14.4 Å². The lowest BCUT2D eigenvalue weighted by atomic mass is 10.1. The Morgan fingerprint density at radius 2 is 1.64 bits per heavy atom. The highest BCUT2D eigenvalue weighted by molar-refractivity contribution is 7.92. The van der Waals surface area contributed by atoms with Crippen LogP contribution in [0.15, 0.2) is 83.8 Å². The lowest BCUT2D eigenvalue weighted by molar-refractivity contribution is -0.137. The van der Waals surface area contributed by atoms with Crippen molar-refractivity contribution in [1.82, 2.24) is 5.32 Å². The van der Waals surface area contributed by atoms with Gasteiger partial charge in [0.15, 0.2) is 0 Å². The number of carbonyl (C=O) groups excluding carboxylic acids is 1. The number of rotatable bonds is 8. The van der Waals surface area contributed by atoms with E-state index in [-0.39, 0.29) is 28.4 Å². The summed E-state index contributed by atoms with van der Waals surface area (Å²) in [5, 5.41) is 2.49. The Morgan fingerprint density at radius 3 is 2.30 bits per heavy atom. The summed E-state index contributed by atoms with van der Waals surface area (Å²) < 4.78 is 71.6. The second-order valence-corrected chi connectivity index (χ2v) is 8.83. The number of sulfonamides is 1. The van der Waals surface area contributed by atoms with Gasteiger partial charge in [0.1, 0.15) is 12.3 Å². The lowest BCUT2D eigenvalue weighted by Gasteiger charge is -2.25. The minimum atomic E-state index is -4.51. The van der Waals surface area contributed by atoms with E-state index < -0.39 is 34.2 Å². The molecule has 0 atom stereocenters. The van der Waals surface area contributed by atoms with Crippen molar-refractivity contribution in [3.8, 4) is 5.75 Å². The molecule has 33 heavy (non-hydrogen) atoms. The van der Waals surface area contributed by atoms with Gasteiger partial charge < -0.3 is 10.1 Å². The molecule has 1 N–H and O–H groups in total. The zero-order chi connectivity index (χ0) is 24.1. The molecular weight excluding hydrogens is 457 g/mol. The van der Waals surface area contributed by atoms with Crippen LogP contribution in [0.2, 0.25) is 0 Å². The number of anilines is 1. The third-order valence-corrected chi connectivity index (χ3v) is 6.49. The van der Waals surface area contributed by atoms with Crippen LogP contribution >= 0.6 is 0 Å². The zero-order valence-corrected chi connectivity index (χ0v) is 18.4. The molecule has 3 aromatic carbocycles. The van der Waals surface area contributed by atoms with Gasteiger partial charge in [-0.2, -0.15) is 13.2 Å². The number of carbonyl (C=O) groups is 1. The Hall–Kier alpha value is -3.53. The largest absolute Gasteiger partial charge is 0.495 e. The topological polar surface area (TPSA) is 75.7 Å². The molecule has 10 heteroatoms. The highest BCUT2D eigenvalue weighted by atomic mass is 32.2. The van der Waals surface area contributed by atoms with Gasteiger partial charge in [0, 0.05) is 6.54 Å². The first-order chi connectivity index (χ1) is 15.6. The van der Waals surface area contributed by atoms with E-state index in [9.17, 15) is 26.4 Å². The van der Waals surface area contributed by atoms with Gasteiger partial charge in [-0.25, -0.2) is 8.42 Å². The summed E-state index contributed by atoms with van der Waals surface area (Å²) in [4.78, 5) is 12.7. The summed E-state index contributed by atoms with van der Waals surface area (Å²) in [7, 11) is -2.77. The number of nitrogens with zero attached hydrogens (tertiary/aromatic N) is 1. The van der Waals surface area contributed by atoms with E-state index in [1.165, 1.54) is 37.4 Å². The maximum atomic E-state index is 13.3. The molecule has 3 rings (SSSR count). The number of benzene rings is 3. The molecule has 0 saturated heterocycles. The second kappa shape index (κ2) is 9.95. The molecule has 3 aromatic rings. The summed E-state index contributed by atoms with van der Waals surface area (Å²) in [6.07, 6.45) is -4.51. The molecule has 0 fully saturated rings. The molecule has 6 nitrogen and oxygen atoms in total. The van der Waals surface area contributed by atoms with Gasteiger partial charge in [-0.15, -0.1) is 0 Å². The van der Waals surface area contributed by atoms with Crippen molar-refractivity contribution in [1.29, 1.82) is 0 Å². The van der Waals surface area contributed by atoms with E-state index >= 15 is 0 Å². The molecule has 174 valence electrons. The number of nitrogens with one attached hydrogen (secondary N) is 1. The van der Waals surface area contributed by atoms with Gasteiger partial charge in [0.2, 0.25) is 5.91 Å². The molecule has 0 aliphatic carbocycles. The first-order valence-corrected chi connectivity index (χ1v) is 11.2. The van der Waals surface area contributed by atoms with Gasteiger partial charge in [-0.05, 0) is 42.0 Å². The predicted molar refractivity (Wildman–Crippen MR) is 117 cm³/mol. The Kier molecular flexibility index (Phi) is 7.27. The van der Waals surface area contributed by atoms with Gasteiger partial charge in [-0.3, -0.25) is 9.10 Å². The Labute approximate surface area is 189 Å². The second-order valence-electron chi connectivity index (χ2n) is 6.97. The molecule has 0 saturated carbocycles. The van der Waals surface area contributed by atoms with E-state index in [0.717, 1.165) is 16.4 Å². The van der Waals surface area contributed by atoms with E-state index in [1.807, 2.05) is 0 Å². The first kappa shape index (κ1) is 24.1. The number of methoxy groups -OCH3 is 1. The number of amides is 1. The molecule has 0 spiro atoms. The minimum Gasteiger partial charge on any atom is -0.495 e. The molecular formula is C23H21F3N2O4S. The highest BCUT2D eigenvalue weighted by Crippen LogP contribution is 2.32. The number of hydrogen-bond acceptors (Lipinski definition) is 4. The van der Waals surface area contributed by atoms with Crippen LogP contribution in [0.3, 0.4) is 0 Å². The quantitative estimate of drug-likeness (QED) is 0.526. The SMILES string of the molecule is COc1ccccc1N(CC(=O)NCc1cccc(C(F)(F)F)c1)S(=O)(=O)c1ccccc1. The van der Waals surface area contributed by atoms with Crippen molar-refractivity contribution in [2.24, 2.45) is 0 Å². The maximum absolute atomic E-state index is 13.3. The number of para-hydroxylation sites is 2. The van der Waals surface area contributed by atoms with E-state index in [1.54, 1.807) is 36.4 Å². The smallest absolute Gasteiger partial charge is 0.416 e. The van der Waals surface area contributed by atoms with E-state index in [2.05, 4.69) is 5.32 Å². The van der Waals surface area contributed by atoms with Crippen molar-refractivity contribution in [3.05, 3.63) is 90.0 Å². The van der Waals surface area contributed by atoms with Gasteiger partial charge in [0.25, 0.3) is 10.0 Å². The summed E-state index contributed by atoms with van der Waals surface area (Å²) in [5.74, 6) is -0.458. The van der Waals surface area contributed by atoms with Crippen molar-refractivity contribution in [2.45, 2.75) is 17.6 Å².